The Morgan fingerprint density at radius 2 is 1.88 bits per heavy atom. The number of ether oxygens (including phenoxy) is 1. The van der Waals surface area contributed by atoms with E-state index in [9.17, 15) is 24.3 Å². The molecule has 0 aromatic heterocycles. The van der Waals surface area contributed by atoms with E-state index in [0.29, 0.717) is 23.3 Å². The minimum Gasteiger partial charge on any atom is -0.477 e. The van der Waals surface area contributed by atoms with Gasteiger partial charge in [-0.25, -0.2) is 4.79 Å². The van der Waals surface area contributed by atoms with E-state index in [1.807, 2.05) is 0 Å². The van der Waals surface area contributed by atoms with E-state index in [2.05, 4.69) is 12.2 Å². The lowest BCUT2D eigenvalue weighted by Gasteiger charge is -2.49. The summed E-state index contributed by atoms with van der Waals surface area (Å²) in [4.78, 5) is 51.0. The van der Waals surface area contributed by atoms with Crippen molar-refractivity contribution in [1.29, 1.82) is 0 Å². The van der Waals surface area contributed by atoms with Crippen LogP contribution in [-0.4, -0.2) is 50.9 Å². The fourth-order valence-corrected chi connectivity index (χ4v) is 5.26. The topological polar surface area (TPSA) is 113 Å². The van der Waals surface area contributed by atoms with Gasteiger partial charge in [0.15, 0.2) is 0 Å². The van der Waals surface area contributed by atoms with Crippen LogP contribution in [-0.2, 0) is 23.9 Å². The van der Waals surface area contributed by atoms with E-state index in [-0.39, 0.29) is 12.1 Å². The Morgan fingerprint density at radius 1 is 1.18 bits per heavy atom. The predicted molar refractivity (Wildman–Crippen MR) is 124 cm³/mol. The maximum absolute atomic E-state index is 13.1. The molecule has 0 radical (unpaired) electrons. The lowest BCUT2D eigenvalue weighted by molar-refractivity contribution is -0.159. The smallest absolute Gasteiger partial charge is 0.352 e. The number of amides is 2. The molecule has 2 heterocycles. The van der Waals surface area contributed by atoms with Crippen molar-refractivity contribution in [2.24, 2.45) is 0 Å². The van der Waals surface area contributed by atoms with Crippen LogP contribution in [0.3, 0.4) is 0 Å². The maximum atomic E-state index is 13.1. The molecule has 8 nitrogen and oxygen atoms in total. The Hall–Kier alpha value is -2.81. The number of carbonyl (C=O) groups excluding carboxylic acids is 3. The van der Waals surface area contributed by atoms with Crippen molar-refractivity contribution in [1.82, 2.24) is 10.2 Å². The highest BCUT2D eigenvalue weighted by Crippen LogP contribution is 2.40. The maximum Gasteiger partial charge on any atom is 0.352 e. The Balaban J connectivity index is 1.66. The number of β-lactam (4-membered cyclic amide) rings is 1. The minimum atomic E-state index is -1.18. The molecule has 0 saturated carbocycles. The first-order valence-corrected chi connectivity index (χ1v) is 12.3. The molecule has 1 unspecified atom stereocenters. The highest BCUT2D eigenvalue weighted by molar-refractivity contribution is 8.00. The van der Waals surface area contributed by atoms with Crippen molar-refractivity contribution in [3.05, 3.63) is 47.2 Å². The Bertz CT molecular complexity index is 932. The third-order valence-corrected chi connectivity index (χ3v) is 7.16. The molecule has 0 aliphatic carbocycles. The van der Waals surface area contributed by atoms with Crippen molar-refractivity contribution < 1.29 is 29.0 Å². The molecule has 1 aromatic carbocycles. The molecular formula is C24H30N2O6S. The number of esters is 1. The van der Waals surface area contributed by atoms with E-state index in [1.54, 1.807) is 37.3 Å². The monoisotopic (exact) mass is 474 g/mol. The zero-order valence-corrected chi connectivity index (χ0v) is 19.7. The number of carbonyl (C=O) groups is 4. The molecule has 178 valence electrons. The molecule has 0 spiro atoms. The third-order valence-electron chi connectivity index (χ3n) is 5.73. The van der Waals surface area contributed by atoms with Gasteiger partial charge in [-0.1, -0.05) is 62.9 Å². The van der Waals surface area contributed by atoms with E-state index >= 15 is 0 Å². The number of nitrogens with one attached hydrogen (secondary N) is 1. The van der Waals surface area contributed by atoms with Crippen molar-refractivity contribution in [2.45, 2.75) is 69.9 Å². The fraction of sp³-hybridized carbons (Fsp3) is 0.500. The lowest BCUT2D eigenvalue weighted by atomic mass is 10.0. The first-order chi connectivity index (χ1) is 15.8. The van der Waals surface area contributed by atoms with Gasteiger partial charge in [0, 0.05) is 17.7 Å². The molecule has 1 saturated heterocycles. The number of unbranched alkanes of at least 4 members (excludes halogenated alkanes) is 4. The normalized spacial score (nSPS) is 20.5. The van der Waals surface area contributed by atoms with Gasteiger partial charge in [-0.2, -0.15) is 0 Å². The molecule has 3 rings (SSSR count). The number of carboxylic acid groups (broad SMARTS) is 1. The first kappa shape index (κ1) is 24.8. The summed E-state index contributed by atoms with van der Waals surface area (Å²) < 4.78 is 5.54. The summed E-state index contributed by atoms with van der Waals surface area (Å²) in [5.41, 5.74) is 1.09. The van der Waals surface area contributed by atoms with Crippen molar-refractivity contribution >= 4 is 35.5 Å². The zero-order valence-electron chi connectivity index (χ0n) is 18.9. The molecule has 2 N–H and O–H groups in total. The number of carboxylic acids is 1. The summed E-state index contributed by atoms with van der Waals surface area (Å²) in [6.45, 7) is 3.80. The summed E-state index contributed by atoms with van der Waals surface area (Å²) in [7, 11) is 0. The predicted octanol–water partition coefficient (Wildman–Crippen LogP) is 3.39. The SMILES string of the molecule is CCCCCCCC(=O)OC(C(=O)N[C@@H]1C(=O)N2C(C(=O)O)=C(C)CS[C@H]12)c1ccccc1. The molecular weight excluding hydrogens is 444 g/mol. The van der Waals surface area contributed by atoms with Crippen molar-refractivity contribution in [3.8, 4) is 0 Å². The largest absolute Gasteiger partial charge is 0.477 e. The van der Waals surface area contributed by atoms with Gasteiger partial charge in [0.1, 0.15) is 17.1 Å². The molecule has 2 aliphatic heterocycles. The first-order valence-electron chi connectivity index (χ1n) is 11.3. The summed E-state index contributed by atoms with van der Waals surface area (Å²) in [5.74, 6) is -2.24. The van der Waals surface area contributed by atoms with Gasteiger partial charge < -0.3 is 15.2 Å². The van der Waals surface area contributed by atoms with Crippen LogP contribution < -0.4 is 5.32 Å². The molecule has 1 aromatic rings. The second kappa shape index (κ2) is 11.4. The Labute approximate surface area is 197 Å². The number of nitrogens with zero attached hydrogens (tertiary/aromatic N) is 1. The summed E-state index contributed by atoms with van der Waals surface area (Å²) in [6.07, 6.45) is 3.95. The number of aliphatic carboxylic acids is 1. The molecule has 9 heteroatoms. The van der Waals surface area contributed by atoms with E-state index in [0.717, 1.165) is 25.7 Å². The van der Waals surface area contributed by atoms with Gasteiger partial charge in [0.05, 0.1) is 0 Å². The van der Waals surface area contributed by atoms with Gasteiger partial charge >= 0.3 is 11.9 Å². The van der Waals surface area contributed by atoms with Gasteiger partial charge in [-0.05, 0) is 18.9 Å². The molecule has 1 fully saturated rings. The van der Waals surface area contributed by atoms with E-state index < -0.39 is 41.3 Å². The number of hydrogen-bond acceptors (Lipinski definition) is 6. The highest BCUT2D eigenvalue weighted by atomic mass is 32.2. The summed E-state index contributed by atoms with van der Waals surface area (Å²) in [5, 5.41) is 11.7. The van der Waals surface area contributed by atoms with Crippen LogP contribution >= 0.6 is 11.8 Å². The Kier molecular flexibility index (Phi) is 8.55. The molecule has 2 amide bonds. The van der Waals surface area contributed by atoms with Crippen LogP contribution in [0.25, 0.3) is 0 Å². The van der Waals surface area contributed by atoms with Crippen LogP contribution in [0.5, 0.6) is 0 Å². The van der Waals surface area contributed by atoms with E-state index in [4.69, 9.17) is 4.74 Å². The molecule has 0 bridgehead atoms. The van der Waals surface area contributed by atoms with E-state index in [1.165, 1.54) is 16.7 Å². The van der Waals surface area contributed by atoms with Gasteiger partial charge in [-0.3, -0.25) is 19.3 Å². The second-order valence-corrected chi connectivity index (χ2v) is 9.38. The number of thioether (sulfide) groups is 1. The van der Waals surface area contributed by atoms with Crippen LogP contribution in [0.4, 0.5) is 0 Å². The fourth-order valence-electron chi connectivity index (χ4n) is 3.97. The van der Waals surface area contributed by atoms with Gasteiger partial charge in [0.2, 0.25) is 6.10 Å². The number of hydrogen-bond donors (Lipinski definition) is 2. The average Bonchev–Trinajstić information content (AvgIpc) is 2.80. The van der Waals surface area contributed by atoms with Crippen LogP contribution in [0, 0.1) is 0 Å². The van der Waals surface area contributed by atoms with Gasteiger partial charge in [0.25, 0.3) is 11.8 Å². The highest BCUT2D eigenvalue weighted by Gasteiger charge is 2.54. The van der Waals surface area contributed by atoms with Crippen LogP contribution in [0.15, 0.2) is 41.6 Å². The number of fused-ring (bicyclic) bond motifs is 1. The standard InChI is InChI=1S/C24H30N2O6S/c1-3-4-5-6-10-13-17(27)32-20(16-11-8-7-9-12-16)21(28)25-18-22(29)26-19(24(30)31)15(2)14-33-23(18)26/h7-9,11-12,18,20,23H,3-6,10,13-14H2,1-2H3,(H,25,28)(H,30,31)/t18-,20?,23-/m1/s1. The molecule has 33 heavy (non-hydrogen) atoms. The Morgan fingerprint density at radius 3 is 2.55 bits per heavy atom. The minimum absolute atomic E-state index is 0.0247. The van der Waals surface area contributed by atoms with Crippen LogP contribution in [0.1, 0.15) is 64.0 Å². The average molecular weight is 475 g/mol. The summed E-state index contributed by atoms with van der Waals surface area (Å²) >= 11 is 1.40. The van der Waals surface area contributed by atoms with Crippen LogP contribution in [0.2, 0.25) is 0 Å². The van der Waals surface area contributed by atoms with Crippen molar-refractivity contribution in [3.63, 3.8) is 0 Å². The quantitative estimate of drug-likeness (QED) is 0.287. The van der Waals surface area contributed by atoms with Gasteiger partial charge in [-0.15, -0.1) is 11.8 Å². The lowest BCUT2D eigenvalue weighted by Crippen LogP contribution is -2.70. The number of rotatable bonds is 11. The summed E-state index contributed by atoms with van der Waals surface area (Å²) in [6, 6.07) is 7.79. The second-order valence-electron chi connectivity index (χ2n) is 8.27. The molecule has 3 atom stereocenters. The third kappa shape index (κ3) is 5.76. The molecule has 2 aliphatic rings. The van der Waals surface area contributed by atoms with Crippen molar-refractivity contribution in [2.75, 3.05) is 5.75 Å². The number of benzene rings is 1. The zero-order chi connectivity index (χ0) is 24.0.